The third-order valence-corrected chi connectivity index (χ3v) is 2.97. The van der Waals surface area contributed by atoms with Crippen LogP contribution in [-0.2, 0) is 11.2 Å². The number of morpholine rings is 1. The maximum atomic E-state index is 5.67. The highest BCUT2D eigenvalue weighted by Crippen LogP contribution is 2.11. The largest absolute Gasteiger partial charge is 0.376 e. The van der Waals surface area contributed by atoms with Crippen molar-refractivity contribution in [3.63, 3.8) is 0 Å². The van der Waals surface area contributed by atoms with Crippen LogP contribution >= 0.6 is 0 Å². The molecule has 1 unspecified atom stereocenters. The van der Waals surface area contributed by atoms with E-state index in [9.17, 15) is 0 Å². The van der Waals surface area contributed by atoms with Crippen LogP contribution < -0.4 is 5.32 Å². The van der Waals surface area contributed by atoms with Crippen LogP contribution in [0.5, 0.6) is 0 Å². The highest BCUT2D eigenvalue weighted by molar-refractivity contribution is 5.47. The van der Waals surface area contributed by atoms with Gasteiger partial charge in [-0.2, -0.15) is 0 Å². The van der Waals surface area contributed by atoms with E-state index in [2.05, 4.69) is 36.2 Å². The molecule has 1 aliphatic heterocycles. The summed E-state index contributed by atoms with van der Waals surface area (Å²) in [6.45, 7) is 6.58. The number of benzene rings is 1. The summed E-state index contributed by atoms with van der Waals surface area (Å²) < 4.78 is 5.67. The number of hydrogen-bond donors (Lipinski definition) is 1. The molecule has 2 nitrogen and oxygen atoms in total. The number of nitrogens with one attached hydrogen (secondary N) is 1. The fourth-order valence-electron chi connectivity index (χ4n) is 1.95. The normalized spacial score (nSPS) is 20.6. The van der Waals surface area contributed by atoms with Gasteiger partial charge in [-0.15, -0.1) is 0 Å². The molecule has 1 aromatic carbocycles. The Bertz CT molecular complexity index is 325. The van der Waals surface area contributed by atoms with Crippen molar-refractivity contribution >= 4 is 6.08 Å². The molecule has 0 aromatic heterocycles. The molecule has 2 heteroatoms. The van der Waals surface area contributed by atoms with Crippen LogP contribution in [0.25, 0.3) is 6.08 Å². The fraction of sp³-hybridized carbons (Fsp3) is 0.429. The molecule has 86 valence electrons. The zero-order chi connectivity index (χ0) is 11.2. The third kappa shape index (κ3) is 3.19. The van der Waals surface area contributed by atoms with Crippen LogP contribution in [-0.4, -0.2) is 25.8 Å². The molecule has 16 heavy (non-hydrogen) atoms. The number of rotatable bonds is 4. The van der Waals surface area contributed by atoms with E-state index in [-0.39, 0.29) is 0 Å². The molecule has 1 aromatic rings. The minimum absolute atomic E-state index is 0.382. The molecule has 0 radical (unpaired) electrons. The Morgan fingerprint density at radius 1 is 1.38 bits per heavy atom. The first-order valence-electron chi connectivity index (χ1n) is 5.92. The van der Waals surface area contributed by atoms with Crippen molar-refractivity contribution in [2.75, 3.05) is 19.7 Å². The van der Waals surface area contributed by atoms with Crippen molar-refractivity contribution in [3.8, 4) is 0 Å². The van der Waals surface area contributed by atoms with Crippen molar-refractivity contribution in [2.45, 2.75) is 18.9 Å². The standard InChI is InChI=1S/C14H19NO/c1-2-12-3-5-13(6-4-12)7-8-14-11-15-9-10-16-14/h2-6,14-15H,1,7-11H2. The summed E-state index contributed by atoms with van der Waals surface area (Å²) in [7, 11) is 0. The Kier molecular flexibility index (Phi) is 4.14. The van der Waals surface area contributed by atoms with Crippen molar-refractivity contribution in [1.82, 2.24) is 5.32 Å². The highest BCUT2D eigenvalue weighted by atomic mass is 16.5. The van der Waals surface area contributed by atoms with Gasteiger partial charge in [0.1, 0.15) is 0 Å². The van der Waals surface area contributed by atoms with Crippen molar-refractivity contribution in [2.24, 2.45) is 0 Å². The topological polar surface area (TPSA) is 21.3 Å². The lowest BCUT2D eigenvalue weighted by Crippen LogP contribution is -2.38. The van der Waals surface area contributed by atoms with Gasteiger partial charge in [-0.05, 0) is 24.0 Å². The van der Waals surface area contributed by atoms with Crippen LogP contribution in [0, 0.1) is 0 Å². The predicted octanol–water partition coefficient (Wildman–Crippen LogP) is 2.25. The second-order valence-corrected chi connectivity index (χ2v) is 4.18. The molecule has 0 amide bonds. The first kappa shape index (κ1) is 11.4. The minimum atomic E-state index is 0.382. The molecule has 1 aliphatic rings. The van der Waals surface area contributed by atoms with Gasteiger partial charge in [-0.3, -0.25) is 0 Å². The van der Waals surface area contributed by atoms with Gasteiger partial charge < -0.3 is 10.1 Å². The second-order valence-electron chi connectivity index (χ2n) is 4.18. The minimum Gasteiger partial charge on any atom is -0.376 e. The fourth-order valence-corrected chi connectivity index (χ4v) is 1.95. The molecule has 0 saturated carbocycles. The average Bonchev–Trinajstić information content (AvgIpc) is 2.38. The molecule has 0 spiro atoms. The average molecular weight is 217 g/mol. The van der Waals surface area contributed by atoms with E-state index in [1.807, 2.05) is 6.08 Å². The monoisotopic (exact) mass is 217 g/mol. The predicted molar refractivity (Wildman–Crippen MR) is 67.5 cm³/mol. The SMILES string of the molecule is C=Cc1ccc(CCC2CNCCO2)cc1. The van der Waals surface area contributed by atoms with Gasteiger partial charge in [-0.25, -0.2) is 0 Å². The molecule has 1 heterocycles. The molecule has 0 aliphatic carbocycles. The van der Waals surface area contributed by atoms with Crippen LogP contribution in [0.1, 0.15) is 17.5 Å². The molecule has 1 fully saturated rings. The number of aryl methyl sites for hydroxylation is 1. The van der Waals surface area contributed by atoms with E-state index >= 15 is 0 Å². The summed E-state index contributed by atoms with van der Waals surface area (Å²) >= 11 is 0. The summed E-state index contributed by atoms with van der Waals surface area (Å²) in [6, 6.07) is 8.57. The van der Waals surface area contributed by atoms with E-state index in [0.717, 1.165) is 32.5 Å². The molecule has 0 bridgehead atoms. The van der Waals surface area contributed by atoms with E-state index in [0.29, 0.717) is 6.10 Å². The summed E-state index contributed by atoms with van der Waals surface area (Å²) in [4.78, 5) is 0. The molecular weight excluding hydrogens is 198 g/mol. The van der Waals surface area contributed by atoms with Crippen molar-refractivity contribution < 1.29 is 4.74 Å². The molecule has 1 N–H and O–H groups in total. The van der Waals surface area contributed by atoms with Crippen LogP contribution in [0.4, 0.5) is 0 Å². The summed E-state index contributed by atoms with van der Waals surface area (Å²) in [5.41, 5.74) is 2.55. The Morgan fingerprint density at radius 2 is 2.19 bits per heavy atom. The Hall–Kier alpha value is -1.12. The van der Waals surface area contributed by atoms with Gasteiger partial charge in [0.15, 0.2) is 0 Å². The Balaban J connectivity index is 1.81. The third-order valence-electron chi connectivity index (χ3n) is 2.97. The summed E-state index contributed by atoms with van der Waals surface area (Å²) in [6.07, 6.45) is 4.44. The smallest absolute Gasteiger partial charge is 0.0703 e. The van der Waals surface area contributed by atoms with E-state index in [4.69, 9.17) is 4.74 Å². The lowest BCUT2D eigenvalue weighted by atomic mass is 10.0. The van der Waals surface area contributed by atoms with Gasteiger partial charge in [0.2, 0.25) is 0 Å². The zero-order valence-electron chi connectivity index (χ0n) is 9.61. The second kappa shape index (κ2) is 5.83. The maximum absolute atomic E-state index is 5.67. The quantitative estimate of drug-likeness (QED) is 0.835. The van der Waals surface area contributed by atoms with Gasteiger partial charge in [0.25, 0.3) is 0 Å². The molecule has 2 rings (SSSR count). The molecular formula is C14H19NO. The van der Waals surface area contributed by atoms with Crippen molar-refractivity contribution in [1.29, 1.82) is 0 Å². The first-order chi connectivity index (χ1) is 7.88. The molecule has 1 atom stereocenters. The van der Waals surface area contributed by atoms with Gasteiger partial charge in [0, 0.05) is 13.1 Å². The number of ether oxygens (including phenoxy) is 1. The Morgan fingerprint density at radius 3 is 2.81 bits per heavy atom. The molecule has 1 saturated heterocycles. The maximum Gasteiger partial charge on any atom is 0.0703 e. The van der Waals surface area contributed by atoms with Gasteiger partial charge in [-0.1, -0.05) is 36.9 Å². The lowest BCUT2D eigenvalue weighted by molar-refractivity contribution is 0.0238. The Labute approximate surface area is 97.3 Å². The van der Waals surface area contributed by atoms with Crippen molar-refractivity contribution in [3.05, 3.63) is 42.0 Å². The van der Waals surface area contributed by atoms with Gasteiger partial charge in [0.05, 0.1) is 12.7 Å². The van der Waals surface area contributed by atoms with E-state index in [1.165, 1.54) is 11.1 Å². The summed E-state index contributed by atoms with van der Waals surface area (Å²) in [5, 5.41) is 3.35. The highest BCUT2D eigenvalue weighted by Gasteiger charge is 2.12. The van der Waals surface area contributed by atoms with Crippen LogP contribution in [0.15, 0.2) is 30.8 Å². The van der Waals surface area contributed by atoms with E-state index < -0.39 is 0 Å². The summed E-state index contributed by atoms with van der Waals surface area (Å²) in [5.74, 6) is 0. The van der Waals surface area contributed by atoms with Crippen LogP contribution in [0.3, 0.4) is 0 Å². The zero-order valence-corrected chi connectivity index (χ0v) is 9.61. The van der Waals surface area contributed by atoms with Crippen LogP contribution in [0.2, 0.25) is 0 Å². The number of hydrogen-bond acceptors (Lipinski definition) is 2. The van der Waals surface area contributed by atoms with E-state index in [1.54, 1.807) is 0 Å². The first-order valence-corrected chi connectivity index (χ1v) is 5.92. The lowest BCUT2D eigenvalue weighted by Gasteiger charge is -2.23. The van der Waals surface area contributed by atoms with Gasteiger partial charge >= 0.3 is 0 Å².